The first-order valence-corrected chi connectivity index (χ1v) is 9.94. The first-order chi connectivity index (χ1) is 13.1. The Balaban J connectivity index is 1.48. The highest BCUT2D eigenvalue weighted by molar-refractivity contribution is 7.71. The molecular weight excluding hydrogens is 380 g/mol. The molecule has 8 heteroatoms. The zero-order valence-electron chi connectivity index (χ0n) is 14.5. The third-order valence-corrected chi connectivity index (χ3v) is 6.07. The zero-order chi connectivity index (χ0) is 18.8. The summed E-state index contributed by atoms with van der Waals surface area (Å²) in [6.45, 7) is 0. The Morgan fingerprint density at radius 2 is 1.81 bits per heavy atom. The number of aromatic amines is 1. The van der Waals surface area contributed by atoms with Crippen molar-refractivity contribution < 1.29 is 9.59 Å². The van der Waals surface area contributed by atoms with Gasteiger partial charge >= 0.3 is 0 Å². The van der Waals surface area contributed by atoms with E-state index in [1.807, 2.05) is 36.4 Å². The van der Waals surface area contributed by atoms with Crippen LogP contribution in [-0.4, -0.2) is 21.4 Å². The van der Waals surface area contributed by atoms with Crippen molar-refractivity contribution in [1.82, 2.24) is 20.4 Å². The van der Waals surface area contributed by atoms with Gasteiger partial charge in [0.2, 0.25) is 0 Å². The number of H-pyrrole nitrogens is 1. The molecule has 1 aliphatic carbocycles. The van der Waals surface area contributed by atoms with Crippen LogP contribution in [0.15, 0.2) is 42.6 Å². The summed E-state index contributed by atoms with van der Waals surface area (Å²) in [4.78, 5) is 29.8. The highest BCUT2D eigenvalue weighted by Crippen LogP contribution is 2.29. The molecule has 138 valence electrons. The topological polar surface area (TPSA) is 78.9 Å². The van der Waals surface area contributed by atoms with Crippen LogP contribution >= 0.6 is 23.6 Å². The standard InChI is InChI=1S/C19H18N4O2S2/c24-17(14-11-20-19(26)23(14)13-7-2-1-3-8-13)21-22-18(25)16-10-12-6-4-5-9-15(12)27-16/h1-3,7-8,10-11H,4-6,9H2,(H,20,26)(H,21,24)(H,22,25). The molecule has 0 fully saturated rings. The minimum Gasteiger partial charge on any atom is -0.336 e. The van der Waals surface area contributed by atoms with Crippen LogP contribution in [0.3, 0.4) is 0 Å². The van der Waals surface area contributed by atoms with Gasteiger partial charge in [-0.2, -0.15) is 0 Å². The van der Waals surface area contributed by atoms with E-state index in [1.54, 1.807) is 4.57 Å². The number of fused-ring (bicyclic) bond motifs is 1. The number of para-hydroxylation sites is 1. The van der Waals surface area contributed by atoms with E-state index in [9.17, 15) is 9.59 Å². The molecular formula is C19H18N4O2S2. The second-order valence-corrected chi connectivity index (χ2v) is 7.85. The predicted molar refractivity (Wildman–Crippen MR) is 107 cm³/mol. The first-order valence-electron chi connectivity index (χ1n) is 8.71. The van der Waals surface area contributed by atoms with Crippen LogP contribution in [-0.2, 0) is 12.8 Å². The fraction of sp³-hybridized carbons (Fsp3) is 0.211. The Morgan fingerprint density at radius 1 is 1.07 bits per heavy atom. The number of aryl methyl sites for hydroxylation is 2. The number of rotatable bonds is 3. The van der Waals surface area contributed by atoms with Crippen LogP contribution in [0.4, 0.5) is 0 Å². The van der Waals surface area contributed by atoms with Crippen LogP contribution < -0.4 is 10.9 Å². The van der Waals surface area contributed by atoms with Crippen molar-refractivity contribution in [1.29, 1.82) is 0 Å². The molecule has 0 bridgehead atoms. The van der Waals surface area contributed by atoms with Crippen molar-refractivity contribution in [2.24, 2.45) is 0 Å². The fourth-order valence-corrected chi connectivity index (χ4v) is 4.62. The van der Waals surface area contributed by atoms with Crippen molar-refractivity contribution in [3.63, 3.8) is 0 Å². The molecule has 3 N–H and O–H groups in total. The van der Waals surface area contributed by atoms with Gasteiger partial charge in [0.15, 0.2) is 4.77 Å². The number of benzene rings is 1. The molecule has 0 radical (unpaired) electrons. The van der Waals surface area contributed by atoms with Gasteiger partial charge in [-0.05, 0) is 61.7 Å². The number of carbonyl (C=O) groups is 2. The molecule has 3 aromatic rings. The lowest BCUT2D eigenvalue weighted by molar-refractivity contribution is 0.0845. The summed E-state index contributed by atoms with van der Waals surface area (Å²) >= 11 is 6.78. The normalized spacial score (nSPS) is 13.0. The van der Waals surface area contributed by atoms with Crippen LogP contribution in [0.25, 0.3) is 5.69 Å². The second kappa shape index (κ2) is 7.50. The minimum absolute atomic E-state index is 0.303. The Labute approximate surface area is 165 Å². The minimum atomic E-state index is -0.444. The summed E-state index contributed by atoms with van der Waals surface area (Å²) in [5.74, 6) is -0.746. The number of carbonyl (C=O) groups excluding carboxylic acids is 2. The van der Waals surface area contributed by atoms with E-state index in [1.165, 1.54) is 34.4 Å². The molecule has 0 saturated carbocycles. The summed E-state index contributed by atoms with van der Waals surface area (Å²) < 4.78 is 2.03. The Hall–Kier alpha value is -2.71. The molecule has 2 aromatic heterocycles. The van der Waals surface area contributed by atoms with Crippen LogP contribution in [0, 0.1) is 4.77 Å². The van der Waals surface area contributed by atoms with Crippen LogP contribution in [0.5, 0.6) is 0 Å². The number of imidazole rings is 1. The van der Waals surface area contributed by atoms with E-state index in [2.05, 4.69) is 15.8 Å². The summed E-state index contributed by atoms with van der Waals surface area (Å²) in [6.07, 6.45) is 5.91. The third-order valence-electron chi connectivity index (χ3n) is 4.53. The smallest absolute Gasteiger partial charge is 0.288 e. The number of nitrogens with zero attached hydrogens (tertiary/aromatic N) is 1. The quantitative estimate of drug-likeness (QED) is 0.466. The molecule has 6 nitrogen and oxygen atoms in total. The third kappa shape index (κ3) is 3.58. The van der Waals surface area contributed by atoms with Crippen LogP contribution in [0.2, 0.25) is 0 Å². The molecule has 0 spiro atoms. The molecule has 2 amide bonds. The largest absolute Gasteiger partial charge is 0.336 e. The summed E-state index contributed by atoms with van der Waals surface area (Å²) in [6, 6.07) is 11.3. The predicted octanol–water partition coefficient (Wildman–Crippen LogP) is 3.55. The van der Waals surface area contributed by atoms with Gasteiger partial charge in [0.05, 0.1) is 4.88 Å². The molecule has 2 heterocycles. The van der Waals surface area contributed by atoms with E-state index in [4.69, 9.17) is 12.2 Å². The first kappa shape index (κ1) is 17.7. The summed E-state index contributed by atoms with van der Waals surface area (Å²) in [7, 11) is 0. The maximum atomic E-state index is 12.6. The van der Waals surface area contributed by atoms with Gasteiger partial charge in [-0.25, -0.2) is 0 Å². The van der Waals surface area contributed by atoms with Gasteiger partial charge in [0.1, 0.15) is 5.69 Å². The molecule has 27 heavy (non-hydrogen) atoms. The van der Waals surface area contributed by atoms with Crippen molar-refractivity contribution in [2.75, 3.05) is 0 Å². The molecule has 0 unspecified atom stereocenters. The number of amides is 2. The van der Waals surface area contributed by atoms with Crippen molar-refractivity contribution in [2.45, 2.75) is 25.7 Å². The molecule has 0 aliphatic heterocycles. The molecule has 0 saturated heterocycles. The van der Waals surface area contributed by atoms with Gasteiger partial charge in [-0.15, -0.1) is 11.3 Å². The number of hydrogen-bond acceptors (Lipinski definition) is 4. The molecule has 4 rings (SSSR count). The van der Waals surface area contributed by atoms with Gasteiger partial charge in [0, 0.05) is 16.8 Å². The van der Waals surface area contributed by atoms with Gasteiger partial charge < -0.3 is 4.98 Å². The number of thiophene rings is 1. The Bertz CT molecular complexity index is 1030. The SMILES string of the molecule is O=C(NNC(=O)c1c[nH]c(=S)n1-c1ccccc1)c1cc2c(s1)CCCC2. The van der Waals surface area contributed by atoms with Gasteiger partial charge in [0.25, 0.3) is 11.8 Å². The molecule has 1 aromatic carbocycles. The number of aromatic nitrogens is 2. The second-order valence-electron chi connectivity index (χ2n) is 6.32. The maximum Gasteiger partial charge on any atom is 0.288 e. The summed E-state index contributed by atoms with van der Waals surface area (Å²) in [5, 5.41) is 0. The Morgan fingerprint density at radius 3 is 2.59 bits per heavy atom. The van der Waals surface area contributed by atoms with Crippen molar-refractivity contribution in [3.8, 4) is 5.69 Å². The lowest BCUT2D eigenvalue weighted by Crippen LogP contribution is -2.42. The van der Waals surface area contributed by atoms with Crippen LogP contribution in [0.1, 0.15) is 43.4 Å². The highest BCUT2D eigenvalue weighted by Gasteiger charge is 2.19. The average molecular weight is 399 g/mol. The molecule has 1 aliphatic rings. The van der Waals surface area contributed by atoms with Crippen molar-refractivity contribution in [3.05, 3.63) is 68.4 Å². The fourth-order valence-electron chi connectivity index (χ4n) is 3.21. The van der Waals surface area contributed by atoms with E-state index in [0.717, 1.165) is 24.9 Å². The zero-order valence-corrected chi connectivity index (χ0v) is 16.1. The lowest BCUT2D eigenvalue weighted by Gasteiger charge is -2.09. The maximum absolute atomic E-state index is 12.6. The van der Waals surface area contributed by atoms with E-state index in [-0.39, 0.29) is 5.91 Å². The number of hydrogen-bond donors (Lipinski definition) is 3. The van der Waals surface area contributed by atoms with Gasteiger partial charge in [-0.3, -0.25) is 25.0 Å². The lowest BCUT2D eigenvalue weighted by atomic mass is 9.99. The van der Waals surface area contributed by atoms with Crippen molar-refractivity contribution >= 4 is 35.4 Å². The Kier molecular flexibility index (Phi) is 4.91. The van der Waals surface area contributed by atoms with E-state index >= 15 is 0 Å². The monoisotopic (exact) mass is 398 g/mol. The highest BCUT2D eigenvalue weighted by atomic mass is 32.1. The van der Waals surface area contributed by atoms with E-state index in [0.29, 0.717) is 15.3 Å². The van der Waals surface area contributed by atoms with E-state index < -0.39 is 5.91 Å². The number of hydrazine groups is 1. The molecule has 0 atom stereocenters. The number of nitrogens with one attached hydrogen (secondary N) is 3. The summed E-state index contributed by atoms with van der Waals surface area (Å²) in [5.41, 5.74) is 7.33. The average Bonchev–Trinajstić information content (AvgIpc) is 3.30. The van der Waals surface area contributed by atoms with Gasteiger partial charge in [-0.1, -0.05) is 18.2 Å².